The molecule has 0 unspecified atom stereocenters. The molecule has 1 aromatic heterocycles. The Morgan fingerprint density at radius 1 is 1.42 bits per heavy atom. The maximum Gasteiger partial charge on any atom is 0.407 e. The Morgan fingerprint density at radius 3 is 2.79 bits per heavy atom. The van der Waals surface area contributed by atoms with Crippen LogP contribution in [-0.4, -0.2) is 11.1 Å². The van der Waals surface area contributed by atoms with Gasteiger partial charge in [0.25, 0.3) is 0 Å². The summed E-state index contributed by atoms with van der Waals surface area (Å²) in [5.74, 6) is 0. The van der Waals surface area contributed by atoms with E-state index in [0.29, 0.717) is 6.54 Å². The number of ether oxygens (including phenoxy) is 1. The molecule has 2 aromatic rings. The average molecular weight is 341 g/mol. The summed E-state index contributed by atoms with van der Waals surface area (Å²) in [6.45, 7) is 2.62. The second-order valence-corrected chi connectivity index (χ2v) is 6.25. The highest BCUT2D eigenvalue weighted by molar-refractivity contribution is 9.11. The lowest BCUT2D eigenvalue weighted by molar-refractivity contribution is 0.139. The van der Waals surface area contributed by atoms with Gasteiger partial charge in [0.1, 0.15) is 6.61 Å². The number of aryl methyl sites for hydroxylation is 1. The van der Waals surface area contributed by atoms with Gasteiger partial charge in [0.05, 0.1) is 12.2 Å². The Balaban J connectivity index is 1.77. The molecule has 0 aliphatic heterocycles. The number of halogens is 1. The molecule has 0 radical (unpaired) electrons. The van der Waals surface area contributed by atoms with Gasteiger partial charge in [-0.3, -0.25) is 0 Å². The molecule has 0 fully saturated rings. The highest BCUT2D eigenvalue weighted by Gasteiger charge is 2.08. The fourth-order valence-electron chi connectivity index (χ4n) is 1.48. The third kappa shape index (κ3) is 4.33. The smallest absolute Gasteiger partial charge is 0.407 e. The number of rotatable bonds is 4. The first kappa shape index (κ1) is 14.0. The SMILES string of the molecule is Cc1nc(Br)sc1CNC(=O)OCc1ccccc1. The first-order valence-corrected chi connectivity index (χ1v) is 7.32. The Bertz CT molecular complexity index is 557. The third-order valence-electron chi connectivity index (χ3n) is 2.47. The molecule has 1 amide bonds. The minimum absolute atomic E-state index is 0.276. The summed E-state index contributed by atoms with van der Waals surface area (Å²) in [6.07, 6.45) is -0.423. The van der Waals surface area contributed by atoms with E-state index in [1.165, 1.54) is 11.3 Å². The van der Waals surface area contributed by atoms with E-state index in [9.17, 15) is 4.79 Å². The third-order valence-corrected chi connectivity index (χ3v) is 4.08. The molecule has 4 nitrogen and oxygen atoms in total. The zero-order valence-electron chi connectivity index (χ0n) is 10.4. The van der Waals surface area contributed by atoms with Crippen molar-refractivity contribution in [2.24, 2.45) is 0 Å². The van der Waals surface area contributed by atoms with Crippen LogP contribution < -0.4 is 5.32 Å². The molecule has 0 spiro atoms. The lowest BCUT2D eigenvalue weighted by atomic mass is 10.2. The van der Waals surface area contributed by atoms with Crippen LogP contribution in [-0.2, 0) is 17.9 Å². The number of carbonyl (C=O) groups is 1. The molecule has 0 bridgehead atoms. The zero-order valence-corrected chi connectivity index (χ0v) is 12.8. The summed E-state index contributed by atoms with van der Waals surface area (Å²) < 4.78 is 5.94. The van der Waals surface area contributed by atoms with Crippen LogP contribution in [0.3, 0.4) is 0 Å². The summed E-state index contributed by atoms with van der Waals surface area (Å²) in [5.41, 5.74) is 1.88. The molecule has 1 N–H and O–H groups in total. The van der Waals surface area contributed by atoms with Crippen LogP contribution in [0.15, 0.2) is 34.2 Å². The van der Waals surface area contributed by atoms with Gasteiger partial charge in [-0.05, 0) is 28.4 Å². The molecular weight excluding hydrogens is 328 g/mol. The normalized spacial score (nSPS) is 10.2. The highest BCUT2D eigenvalue weighted by Crippen LogP contribution is 2.22. The molecule has 0 aliphatic carbocycles. The second-order valence-electron chi connectivity index (χ2n) is 3.89. The summed E-state index contributed by atoms with van der Waals surface area (Å²) in [7, 11) is 0. The number of amides is 1. The molecule has 100 valence electrons. The number of nitrogens with zero attached hydrogens (tertiary/aromatic N) is 1. The molecule has 2 rings (SSSR count). The van der Waals surface area contributed by atoms with Crippen molar-refractivity contribution in [2.75, 3.05) is 0 Å². The Labute approximate surface area is 124 Å². The van der Waals surface area contributed by atoms with Crippen LogP contribution in [0.1, 0.15) is 16.1 Å². The fraction of sp³-hybridized carbons (Fsp3) is 0.231. The summed E-state index contributed by atoms with van der Waals surface area (Å²) >= 11 is 4.82. The van der Waals surface area contributed by atoms with Crippen molar-refractivity contribution in [3.05, 3.63) is 50.4 Å². The predicted molar refractivity (Wildman–Crippen MR) is 78.0 cm³/mol. The zero-order chi connectivity index (χ0) is 13.7. The van der Waals surface area contributed by atoms with Gasteiger partial charge >= 0.3 is 6.09 Å². The lowest BCUT2D eigenvalue weighted by Gasteiger charge is -2.06. The molecule has 19 heavy (non-hydrogen) atoms. The lowest BCUT2D eigenvalue weighted by Crippen LogP contribution is -2.23. The highest BCUT2D eigenvalue weighted by atomic mass is 79.9. The van der Waals surface area contributed by atoms with Gasteiger partial charge in [-0.2, -0.15) is 0 Å². The monoisotopic (exact) mass is 340 g/mol. The summed E-state index contributed by atoms with van der Waals surface area (Å²) in [6, 6.07) is 9.58. The van der Waals surface area contributed by atoms with E-state index in [0.717, 1.165) is 20.1 Å². The summed E-state index contributed by atoms with van der Waals surface area (Å²) in [4.78, 5) is 16.8. The van der Waals surface area contributed by atoms with Crippen molar-refractivity contribution in [1.82, 2.24) is 10.3 Å². The number of benzene rings is 1. The molecular formula is C13H13BrN2O2S. The van der Waals surface area contributed by atoms with Crippen LogP contribution in [0.5, 0.6) is 0 Å². The number of hydrogen-bond acceptors (Lipinski definition) is 4. The molecule has 0 aliphatic rings. The van der Waals surface area contributed by atoms with Crippen LogP contribution >= 0.6 is 27.3 Å². The number of hydrogen-bond donors (Lipinski definition) is 1. The van der Waals surface area contributed by atoms with Gasteiger partial charge in [-0.15, -0.1) is 11.3 Å². The van der Waals surface area contributed by atoms with Crippen molar-refractivity contribution >= 4 is 33.4 Å². The van der Waals surface area contributed by atoms with E-state index in [1.807, 2.05) is 37.3 Å². The van der Waals surface area contributed by atoms with Crippen molar-refractivity contribution in [3.8, 4) is 0 Å². The fourth-order valence-corrected chi connectivity index (χ4v) is 3.06. The maximum absolute atomic E-state index is 11.5. The Kier molecular flexibility index (Phi) is 4.93. The Morgan fingerprint density at radius 2 is 2.16 bits per heavy atom. The number of carbonyl (C=O) groups excluding carboxylic acids is 1. The minimum atomic E-state index is -0.423. The van der Waals surface area contributed by atoms with Crippen LogP contribution in [0.2, 0.25) is 0 Å². The van der Waals surface area contributed by atoms with Crippen molar-refractivity contribution in [1.29, 1.82) is 0 Å². The van der Waals surface area contributed by atoms with E-state index in [2.05, 4.69) is 26.2 Å². The Hall–Kier alpha value is -1.40. The first-order valence-electron chi connectivity index (χ1n) is 5.71. The molecule has 6 heteroatoms. The topological polar surface area (TPSA) is 51.2 Å². The minimum Gasteiger partial charge on any atom is -0.445 e. The molecule has 0 atom stereocenters. The van der Waals surface area contributed by atoms with Gasteiger partial charge in [0, 0.05) is 4.88 Å². The average Bonchev–Trinajstić information content (AvgIpc) is 2.73. The van der Waals surface area contributed by atoms with Crippen molar-refractivity contribution in [2.45, 2.75) is 20.1 Å². The van der Waals surface area contributed by atoms with E-state index in [1.54, 1.807) is 0 Å². The second kappa shape index (κ2) is 6.68. The number of alkyl carbamates (subject to hydrolysis) is 1. The van der Waals surface area contributed by atoms with Gasteiger partial charge in [-0.1, -0.05) is 30.3 Å². The summed E-state index contributed by atoms with van der Waals surface area (Å²) in [5, 5.41) is 2.71. The van der Waals surface area contributed by atoms with Crippen LogP contribution in [0, 0.1) is 6.92 Å². The molecule has 0 saturated carbocycles. The number of aromatic nitrogens is 1. The molecule has 1 heterocycles. The van der Waals surface area contributed by atoms with E-state index in [-0.39, 0.29) is 6.61 Å². The van der Waals surface area contributed by atoms with Gasteiger partial charge in [0.2, 0.25) is 0 Å². The van der Waals surface area contributed by atoms with Gasteiger partial charge < -0.3 is 10.1 Å². The number of thiazole rings is 1. The standard InChI is InChI=1S/C13H13BrN2O2S/c1-9-11(19-12(14)16-9)7-15-13(17)18-8-10-5-3-2-4-6-10/h2-6H,7-8H2,1H3,(H,15,17). The van der Waals surface area contributed by atoms with Crippen molar-refractivity contribution < 1.29 is 9.53 Å². The number of nitrogens with one attached hydrogen (secondary N) is 1. The maximum atomic E-state index is 11.5. The predicted octanol–water partition coefficient (Wildman–Crippen LogP) is 3.64. The van der Waals surface area contributed by atoms with Gasteiger partial charge in [-0.25, -0.2) is 9.78 Å². The van der Waals surface area contributed by atoms with E-state index in [4.69, 9.17) is 4.74 Å². The molecule has 1 aromatic carbocycles. The van der Waals surface area contributed by atoms with E-state index >= 15 is 0 Å². The first-order chi connectivity index (χ1) is 9.15. The van der Waals surface area contributed by atoms with Gasteiger partial charge in [0.15, 0.2) is 3.92 Å². The molecule has 0 saturated heterocycles. The van der Waals surface area contributed by atoms with Crippen LogP contribution in [0.4, 0.5) is 4.79 Å². The van der Waals surface area contributed by atoms with Crippen LogP contribution in [0.25, 0.3) is 0 Å². The largest absolute Gasteiger partial charge is 0.445 e. The van der Waals surface area contributed by atoms with Crippen molar-refractivity contribution in [3.63, 3.8) is 0 Å². The quantitative estimate of drug-likeness (QED) is 0.924. The van der Waals surface area contributed by atoms with E-state index < -0.39 is 6.09 Å².